The second-order valence-electron chi connectivity index (χ2n) is 6.07. The molecule has 1 saturated heterocycles. The van der Waals surface area contributed by atoms with Gasteiger partial charge in [0.15, 0.2) is 5.96 Å². The molecule has 0 unspecified atom stereocenters. The van der Waals surface area contributed by atoms with Crippen molar-refractivity contribution < 1.29 is 4.74 Å². The molecule has 2 aliphatic rings. The zero-order valence-electron chi connectivity index (χ0n) is 14.9. The van der Waals surface area contributed by atoms with Crippen molar-refractivity contribution in [3.05, 3.63) is 36.0 Å². The van der Waals surface area contributed by atoms with E-state index in [1.807, 2.05) is 25.4 Å². The molecule has 138 valence electrons. The Bertz CT molecular complexity index is 570. The molecule has 0 amide bonds. The molecule has 3 heterocycles. The Morgan fingerprint density at radius 3 is 2.76 bits per heavy atom. The average molecular weight is 457 g/mol. The van der Waals surface area contributed by atoms with Gasteiger partial charge < -0.3 is 19.9 Å². The third kappa shape index (κ3) is 5.85. The number of halogens is 1. The third-order valence-corrected chi connectivity index (χ3v) is 4.55. The third-order valence-electron chi connectivity index (χ3n) is 4.55. The molecule has 1 aromatic rings. The van der Waals surface area contributed by atoms with E-state index in [1.54, 1.807) is 0 Å². The van der Waals surface area contributed by atoms with Crippen molar-refractivity contribution in [2.24, 2.45) is 4.99 Å². The first kappa shape index (κ1) is 20.0. The summed E-state index contributed by atoms with van der Waals surface area (Å²) in [5, 5.41) is 3.50. The number of rotatable bonds is 4. The number of piperazine rings is 1. The van der Waals surface area contributed by atoms with E-state index in [0.29, 0.717) is 0 Å². The Morgan fingerprint density at radius 1 is 1.28 bits per heavy atom. The molecule has 2 aliphatic heterocycles. The summed E-state index contributed by atoms with van der Waals surface area (Å²) >= 11 is 0. The van der Waals surface area contributed by atoms with Gasteiger partial charge in [-0.1, -0.05) is 17.7 Å². The lowest BCUT2D eigenvalue weighted by Gasteiger charge is -2.37. The molecular formula is C18H28IN5O. The predicted molar refractivity (Wildman–Crippen MR) is 113 cm³/mol. The lowest BCUT2D eigenvalue weighted by atomic mass is 10.1. The van der Waals surface area contributed by atoms with E-state index in [2.05, 4.69) is 37.2 Å². The summed E-state index contributed by atoms with van der Waals surface area (Å²) in [6, 6.07) is 6.07. The lowest BCUT2D eigenvalue weighted by Crippen LogP contribution is -2.52. The van der Waals surface area contributed by atoms with Gasteiger partial charge in [0.1, 0.15) is 5.82 Å². The van der Waals surface area contributed by atoms with E-state index in [0.717, 1.165) is 70.6 Å². The number of nitrogens with one attached hydrogen (secondary N) is 1. The fourth-order valence-electron chi connectivity index (χ4n) is 3.15. The molecule has 6 nitrogen and oxygen atoms in total. The number of anilines is 1. The highest BCUT2D eigenvalue weighted by molar-refractivity contribution is 14.0. The number of aliphatic imine (C=N–C) groups is 1. The Balaban J connectivity index is 0.00000225. The lowest BCUT2D eigenvalue weighted by molar-refractivity contribution is 0.153. The summed E-state index contributed by atoms with van der Waals surface area (Å²) in [5.41, 5.74) is 1.49. The average Bonchev–Trinajstić information content (AvgIpc) is 2.67. The largest absolute Gasteiger partial charge is 0.377 e. The summed E-state index contributed by atoms with van der Waals surface area (Å²) in [7, 11) is 1.86. The monoisotopic (exact) mass is 457 g/mol. The van der Waals surface area contributed by atoms with Crippen LogP contribution in [-0.2, 0) is 4.74 Å². The van der Waals surface area contributed by atoms with Gasteiger partial charge >= 0.3 is 0 Å². The van der Waals surface area contributed by atoms with Crippen LogP contribution in [0.25, 0.3) is 0 Å². The van der Waals surface area contributed by atoms with Crippen molar-refractivity contribution in [3.8, 4) is 0 Å². The molecule has 0 aromatic carbocycles. The number of nitrogens with zero attached hydrogens (tertiary/aromatic N) is 4. The van der Waals surface area contributed by atoms with Crippen LogP contribution < -0.4 is 10.2 Å². The highest BCUT2D eigenvalue weighted by atomic mass is 127. The topological polar surface area (TPSA) is 53.0 Å². The van der Waals surface area contributed by atoms with Gasteiger partial charge in [0.25, 0.3) is 0 Å². The smallest absolute Gasteiger partial charge is 0.193 e. The van der Waals surface area contributed by atoms with E-state index in [4.69, 9.17) is 4.74 Å². The summed E-state index contributed by atoms with van der Waals surface area (Å²) in [4.78, 5) is 13.5. The first-order valence-electron chi connectivity index (χ1n) is 8.74. The first-order valence-corrected chi connectivity index (χ1v) is 8.74. The van der Waals surface area contributed by atoms with Gasteiger partial charge in [-0.3, -0.25) is 4.99 Å². The Hall–Kier alpha value is -1.35. The molecule has 7 heteroatoms. The first-order chi connectivity index (χ1) is 11.9. The molecule has 0 bridgehead atoms. The maximum Gasteiger partial charge on any atom is 0.193 e. The van der Waals surface area contributed by atoms with Crippen LogP contribution in [0.5, 0.6) is 0 Å². The van der Waals surface area contributed by atoms with E-state index in [1.165, 1.54) is 5.57 Å². The number of pyridine rings is 1. The molecule has 0 spiro atoms. The molecule has 3 rings (SSSR count). The van der Waals surface area contributed by atoms with Crippen LogP contribution in [0.15, 0.2) is 41.0 Å². The molecule has 25 heavy (non-hydrogen) atoms. The summed E-state index contributed by atoms with van der Waals surface area (Å²) in [6.45, 7) is 6.43. The SMILES string of the molecule is CN=C(NCCC1=CCOCC1)N1CCN(c2ccccn2)CC1.I. The van der Waals surface area contributed by atoms with Crippen molar-refractivity contribution in [2.45, 2.75) is 12.8 Å². The van der Waals surface area contributed by atoms with Crippen LogP contribution in [0.3, 0.4) is 0 Å². The van der Waals surface area contributed by atoms with Crippen molar-refractivity contribution in [1.29, 1.82) is 0 Å². The minimum Gasteiger partial charge on any atom is -0.377 e. The van der Waals surface area contributed by atoms with Crippen LogP contribution in [0.2, 0.25) is 0 Å². The molecule has 0 aliphatic carbocycles. The maximum atomic E-state index is 5.35. The van der Waals surface area contributed by atoms with Crippen LogP contribution in [0, 0.1) is 0 Å². The van der Waals surface area contributed by atoms with Gasteiger partial charge in [-0.05, 0) is 25.0 Å². The second-order valence-corrected chi connectivity index (χ2v) is 6.07. The summed E-state index contributed by atoms with van der Waals surface area (Å²) in [5.74, 6) is 2.06. The van der Waals surface area contributed by atoms with Gasteiger partial charge in [-0.2, -0.15) is 0 Å². The zero-order valence-corrected chi connectivity index (χ0v) is 17.2. The molecule has 1 N–H and O–H groups in total. The fourth-order valence-corrected chi connectivity index (χ4v) is 3.15. The summed E-state index contributed by atoms with van der Waals surface area (Å²) in [6.07, 6.45) is 6.19. The van der Waals surface area contributed by atoms with E-state index >= 15 is 0 Å². The maximum absolute atomic E-state index is 5.35. The Labute approximate surface area is 167 Å². The molecule has 0 atom stereocenters. The van der Waals surface area contributed by atoms with E-state index in [-0.39, 0.29) is 24.0 Å². The van der Waals surface area contributed by atoms with Gasteiger partial charge in [-0.15, -0.1) is 24.0 Å². The molecule has 1 aromatic heterocycles. The standard InChI is InChI=1S/C18H27N5O.HI/c1-19-18(21-9-5-16-6-14-24-15-7-16)23-12-10-22(11-13-23)17-4-2-3-8-20-17;/h2-4,6,8H,5,7,9-15H2,1H3,(H,19,21);1H. The number of guanidine groups is 1. The number of hydrogen-bond acceptors (Lipinski definition) is 4. The quantitative estimate of drug-likeness (QED) is 0.325. The van der Waals surface area contributed by atoms with Crippen molar-refractivity contribution in [3.63, 3.8) is 0 Å². The van der Waals surface area contributed by atoms with Gasteiger partial charge in [-0.25, -0.2) is 4.98 Å². The minimum atomic E-state index is 0. The second kappa shape index (κ2) is 10.6. The van der Waals surface area contributed by atoms with Crippen molar-refractivity contribution >= 4 is 35.8 Å². The highest BCUT2D eigenvalue weighted by Gasteiger charge is 2.20. The highest BCUT2D eigenvalue weighted by Crippen LogP contribution is 2.13. The zero-order chi connectivity index (χ0) is 16.6. The van der Waals surface area contributed by atoms with Crippen LogP contribution in [-0.4, -0.2) is 68.8 Å². The summed E-state index contributed by atoms with van der Waals surface area (Å²) < 4.78 is 5.35. The Morgan fingerprint density at radius 2 is 2.12 bits per heavy atom. The van der Waals surface area contributed by atoms with Gasteiger partial charge in [0.2, 0.25) is 0 Å². The number of aromatic nitrogens is 1. The molecule has 1 fully saturated rings. The van der Waals surface area contributed by atoms with E-state index in [9.17, 15) is 0 Å². The fraction of sp³-hybridized carbons (Fsp3) is 0.556. The molecule has 0 radical (unpaired) electrons. The van der Waals surface area contributed by atoms with E-state index < -0.39 is 0 Å². The van der Waals surface area contributed by atoms with Crippen molar-refractivity contribution in [1.82, 2.24) is 15.2 Å². The Kier molecular flexibility index (Phi) is 8.47. The number of hydrogen-bond donors (Lipinski definition) is 1. The van der Waals surface area contributed by atoms with Gasteiger partial charge in [0, 0.05) is 46.0 Å². The molecular weight excluding hydrogens is 429 g/mol. The normalized spacial score (nSPS) is 18.4. The predicted octanol–water partition coefficient (Wildman–Crippen LogP) is 2.13. The van der Waals surface area contributed by atoms with Crippen LogP contribution >= 0.6 is 24.0 Å². The van der Waals surface area contributed by atoms with Gasteiger partial charge in [0.05, 0.1) is 13.2 Å². The number of ether oxygens (including phenoxy) is 1. The van der Waals surface area contributed by atoms with Crippen LogP contribution in [0.1, 0.15) is 12.8 Å². The van der Waals surface area contributed by atoms with Crippen LogP contribution in [0.4, 0.5) is 5.82 Å². The van der Waals surface area contributed by atoms with Crippen molar-refractivity contribution in [2.75, 3.05) is 57.9 Å². The molecule has 0 saturated carbocycles. The minimum absolute atomic E-state index is 0.